The number of thioether (sulfide) groups is 1. The van der Waals surface area contributed by atoms with Crippen LogP contribution in [0.4, 0.5) is 0 Å². The van der Waals surface area contributed by atoms with Crippen LogP contribution in [0.2, 0.25) is 0 Å². The Kier molecular flexibility index (Phi) is 4.50. The van der Waals surface area contributed by atoms with Gasteiger partial charge in [0.05, 0.1) is 0 Å². The fourth-order valence-electron chi connectivity index (χ4n) is 2.06. The smallest absolute Gasteiger partial charge is 0.0301 e. The maximum absolute atomic E-state index is 5.92. The van der Waals surface area contributed by atoms with E-state index >= 15 is 0 Å². The van der Waals surface area contributed by atoms with Gasteiger partial charge in [-0.2, -0.15) is 11.8 Å². The van der Waals surface area contributed by atoms with Crippen LogP contribution in [-0.2, 0) is 0 Å². The van der Waals surface area contributed by atoms with E-state index in [1.54, 1.807) is 0 Å². The van der Waals surface area contributed by atoms with Gasteiger partial charge in [-0.3, -0.25) is 4.90 Å². The van der Waals surface area contributed by atoms with Crippen LogP contribution in [0.5, 0.6) is 0 Å². The molecule has 0 bridgehead atoms. The van der Waals surface area contributed by atoms with Crippen molar-refractivity contribution in [3.63, 3.8) is 0 Å². The highest BCUT2D eigenvalue weighted by Crippen LogP contribution is 2.33. The van der Waals surface area contributed by atoms with Crippen LogP contribution < -0.4 is 5.73 Å². The highest BCUT2D eigenvalue weighted by Gasteiger charge is 2.32. The molecule has 1 fully saturated rings. The van der Waals surface area contributed by atoms with Crippen LogP contribution in [0.15, 0.2) is 0 Å². The van der Waals surface area contributed by atoms with Gasteiger partial charge in [0, 0.05) is 35.7 Å². The second kappa shape index (κ2) is 5.07. The molecule has 1 heterocycles. The maximum Gasteiger partial charge on any atom is 0.0301 e. The number of nitrogens with zero attached hydrogens (tertiary/aromatic N) is 1. The molecule has 0 spiro atoms. The standard InChI is InChI=1S/C12H26N2S/c1-5-12(4,10-13)14-7-6-11(2,3)15-9-8-14/h5-10,13H2,1-4H3. The summed E-state index contributed by atoms with van der Waals surface area (Å²) < 4.78 is 0.442. The minimum Gasteiger partial charge on any atom is -0.329 e. The summed E-state index contributed by atoms with van der Waals surface area (Å²) in [5.41, 5.74) is 6.13. The van der Waals surface area contributed by atoms with Crippen LogP contribution in [0.3, 0.4) is 0 Å². The zero-order valence-corrected chi connectivity index (χ0v) is 11.5. The van der Waals surface area contributed by atoms with E-state index in [1.807, 2.05) is 0 Å². The van der Waals surface area contributed by atoms with Gasteiger partial charge in [0.2, 0.25) is 0 Å². The van der Waals surface area contributed by atoms with Crippen molar-refractivity contribution in [2.45, 2.75) is 50.8 Å². The van der Waals surface area contributed by atoms with E-state index in [1.165, 1.54) is 25.3 Å². The highest BCUT2D eigenvalue weighted by atomic mass is 32.2. The van der Waals surface area contributed by atoms with Crippen molar-refractivity contribution in [2.24, 2.45) is 5.73 Å². The normalized spacial score (nSPS) is 27.0. The molecule has 0 radical (unpaired) electrons. The van der Waals surface area contributed by atoms with Gasteiger partial charge in [-0.05, 0) is 19.8 Å². The molecule has 1 atom stereocenters. The second-order valence-corrected chi connectivity index (χ2v) is 7.20. The quantitative estimate of drug-likeness (QED) is 0.807. The number of nitrogens with two attached hydrogens (primary N) is 1. The summed E-state index contributed by atoms with van der Waals surface area (Å²) in [6, 6.07) is 0. The van der Waals surface area contributed by atoms with E-state index in [0.717, 1.165) is 13.0 Å². The van der Waals surface area contributed by atoms with E-state index in [4.69, 9.17) is 5.73 Å². The lowest BCUT2D eigenvalue weighted by Gasteiger charge is -2.39. The van der Waals surface area contributed by atoms with Gasteiger partial charge in [-0.15, -0.1) is 0 Å². The van der Waals surface area contributed by atoms with Crippen molar-refractivity contribution in [2.75, 3.05) is 25.4 Å². The van der Waals surface area contributed by atoms with Crippen molar-refractivity contribution in [1.82, 2.24) is 4.90 Å². The molecule has 1 aliphatic rings. The zero-order chi connectivity index (χ0) is 11.5. The van der Waals surface area contributed by atoms with Gasteiger partial charge in [0.1, 0.15) is 0 Å². The highest BCUT2D eigenvalue weighted by molar-refractivity contribution is 8.00. The third-order valence-electron chi connectivity index (χ3n) is 3.80. The Morgan fingerprint density at radius 2 is 2.07 bits per heavy atom. The summed E-state index contributed by atoms with van der Waals surface area (Å²) in [6.45, 7) is 12.4. The molecular weight excluding hydrogens is 204 g/mol. The summed E-state index contributed by atoms with van der Waals surface area (Å²) in [6.07, 6.45) is 2.42. The maximum atomic E-state index is 5.92. The van der Waals surface area contributed by atoms with Crippen molar-refractivity contribution >= 4 is 11.8 Å². The first-order valence-electron chi connectivity index (χ1n) is 6.02. The van der Waals surface area contributed by atoms with Gasteiger partial charge in [0.15, 0.2) is 0 Å². The number of hydrogen-bond donors (Lipinski definition) is 1. The van der Waals surface area contributed by atoms with Crippen LogP contribution in [0.1, 0.15) is 40.5 Å². The molecule has 0 amide bonds. The van der Waals surface area contributed by atoms with Crippen molar-refractivity contribution < 1.29 is 0 Å². The van der Waals surface area contributed by atoms with Gasteiger partial charge in [0.25, 0.3) is 0 Å². The van der Waals surface area contributed by atoms with Gasteiger partial charge < -0.3 is 5.73 Å². The molecule has 15 heavy (non-hydrogen) atoms. The average molecular weight is 230 g/mol. The molecule has 0 aromatic carbocycles. The SMILES string of the molecule is CCC(C)(CN)N1CCSC(C)(C)CC1. The first-order valence-corrected chi connectivity index (χ1v) is 7.01. The minimum absolute atomic E-state index is 0.209. The Balaban J connectivity index is 2.64. The summed E-state index contributed by atoms with van der Waals surface area (Å²) in [4.78, 5) is 2.59. The van der Waals surface area contributed by atoms with Crippen LogP contribution in [0, 0.1) is 0 Å². The van der Waals surface area contributed by atoms with E-state index in [-0.39, 0.29) is 5.54 Å². The third-order valence-corrected chi connectivity index (χ3v) is 5.17. The van der Waals surface area contributed by atoms with Gasteiger partial charge in [-0.25, -0.2) is 0 Å². The Hall–Kier alpha value is 0.270. The first-order chi connectivity index (χ1) is 6.93. The molecule has 90 valence electrons. The van der Waals surface area contributed by atoms with E-state index in [2.05, 4.69) is 44.4 Å². The van der Waals surface area contributed by atoms with Crippen LogP contribution in [-0.4, -0.2) is 40.6 Å². The fourth-order valence-corrected chi connectivity index (χ4v) is 3.16. The Morgan fingerprint density at radius 3 is 2.60 bits per heavy atom. The van der Waals surface area contributed by atoms with Gasteiger partial charge >= 0.3 is 0 Å². The number of hydrogen-bond acceptors (Lipinski definition) is 3. The van der Waals surface area contributed by atoms with E-state index < -0.39 is 0 Å². The molecule has 3 heteroatoms. The second-order valence-electron chi connectivity index (χ2n) is 5.40. The predicted octanol–water partition coefficient (Wildman–Crippen LogP) is 2.33. The Morgan fingerprint density at radius 1 is 1.40 bits per heavy atom. The first kappa shape index (κ1) is 13.3. The average Bonchev–Trinajstić information content (AvgIpc) is 2.38. The predicted molar refractivity (Wildman–Crippen MR) is 70.5 cm³/mol. The van der Waals surface area contributed by atoms with Crippen LogP contribution in [0.25, 0.3) is 0 Å². The molecule has 1 rings (SSSR count). The largest absolute Gasteiger partial charge is 0.329 e. The fraction of sp³-hybridized carbons (Fsp3) is 1.00. The lowest BCUT2D eigenvalue weighted by atomic mass is 9.95. The summed E-state index contributed by atoms with van der Waals surface area (Å²) in [5, 5.41) is 0. The topological polar surface area (TPSA) is 29.3 Å². The molecule has 0 aromatic rings. The molecule has 0 aliphatic carbocycles. The molecule has 1 aliphatic heterocycles. The molecule has 2 nitrogen and oxygen atoms in total. The summed E-state index contributed by atoms with van der Waals surface area (Å²) in [7, 11) is 0. The number of rotatable bonds is 3. The van der Waals surface area contributed by atoms with Gasteiger partial charge in [-0.1, -0.05) is 20.8 Å². The molecule has 2 N–H and O–H groups in total. The molecule has 0 aromatic heterocycles. The monoisotopic (exact) mass is 230 g/mol. The minimum atomic E-state index is 0.209. The van der Waals surface area contributed by atoms with Crippen molar-refractivity contribution in [3.8, 4) is 0 Å². The Bertz CT molecular complexity index is 200. The van der Waals surface area contributed by atoms with Crippen molar-refractivity contribution in [3.05, 3.63) is 0 Å². The lowest BCUT2D eigenvalue weighted by Crippen LogP contribution is -2.52. The molecule has 1 saturated heterocycles. The zero-order valence-electron chi connectivity index (χ0n) is 10.7. The molecule has 0 saturated carbocycles. The van der Waals surface area contributed by atoms with Crippen molar-refractivity contribution in [1.29, 1.82) is 0 Å². The summed E-state index contributed by atoms with van der Waals surface area (Å²) in [5.74, 6) is 1.24. The Labute approximate surface area is 99.0 Å². The van der Waals surface area contributed by atoms with E-state index in [9.17, 15) is 0 Å². The molecule has 1 unspecified atom stereocenters. The summed E-state index contributed by atoms with van der Waals surface area (Å²) >= 11 is 2.10. The van der Waals surface area contributed by atoms with E-state index in [0.29, 0.717) is 4.75 Å². The molecular formula is C12H26N2S. The van der Waals surface area contributed by atoms with Crippen LogP contribution >= 0.6 is 11.8 Å². The third kappa shape index (κ3) is 3.36. The lowest BCUT2D eigenvalue weighted by molar-refractivity contribution is 0.112.